The first kappa shape index (κ1) is 14.5. The lowest BCUT2D eigenvalue weighted by molar-refractivity contribution is -0.146. The molecule has 0 spiro atoms. The van der Waals surface area contributed by atoms with Gasteiger partial charge in [-0.15, -0.1) is 0 Å². The van der Waals surface area contributed by atoms with Gasteiger partial charge in [0.25, 0.3) is 0 Å². The highest BCUT2D eigenvalue weighted by atomic mass is 16.6. The number of ether oxygens (including phenoxy) is 2. The zero-order valence-electron chi connectivity index (χ0n) is 11.1. The fourth-order valence-electron chi connectivity index (χ4n) is 1.21. The number of aromatic hydroxyl groups is 1. The highest BCUT2D eigenvalue weighted by molar-refractivity contribution is 5.76. The molecule has 2 atom stereocenters. The summed E-state index contributed by atoms with van der Waals surface area (Å²) >= 11 is 0. The lowest BCUT2D eigenvalue weighted by Crippen LogP contribution is -2.27. The van der Waals surface area contributed by atoms with Gasteiger partial charge in [0, 0.05) is 0 Å². The van der Waals surface area contributed by atoms with Gasteiger partial charge in [-0.1, -0.05) is 20.3 Å². The Morgan fingerprint density at radius 3 is 2.44 bits per heavy atom. The van der Waals surface area contributed by atoms with Crippen molar-refractivity contribution >= 4 is 5.97 Å². The number of phenols is 1. The van der Waals surface area contributed by atoms with E-state index in [0.717, 1.165) is 6.42 Å². The normalized spacial score (nSPS) is 13.9. The first-order chi connectivity index (χ1) is 8.52. The van der Waals surface area contributed by atoms with Crippen LogP contribution in [-0.4, -0.2) is 23.8 Å². The average Bonchev–Trinajstić information content (AvgIpc) is 2.38. The van der Waals surface area contributed by atoms with Crippen LogP contribution in [0.15, 0.2) is 24.3 Å². The van der Waals surface area contributed by atoms with Crippen LogP contribution in [0.2, 0.25) is 0 Å². The molecule has 0 aromatic heterocycles. The van der Waals surface area contributed by atoms with E-state index in [4.69, 9.17) is 14.6 Å². The molecule has 0 aliphatic carbocycles. The highest BCUT2D eigenvalue weighted by Gasteiger charge is 2.16. The van der Waals surface area contributed by atoms with Gasteiger partial charge in [-0.3, -0.25) is 0 Å². The lowest BCUT2D eigenvalue weighted by Gasteiger charge is -2.15. The minimum absolute atomic E-state index is 0.135. The molecule has 0 saturated carbocycles. The summed E-state index contributed by atoms with van der Waals surface area (Å²) in [4.78, 5) is 11.7. The maximum atomic E-state index is 11.7. The van der Waals surface area contributed by atoms with Gasteiger partial charge >= 0.3 is 5.97 Å². The molecule has 0 unspecified atom stereocenters. The quantitative estimate of drug-likeness (QED) is 0.624. The Morgan fingerprint density at radius 1 is 1.28 bits per heavy atom. The Labute approximate surface area is 108 Å². The van der Waals surface area contributed by atoms with Crippen LogP contribution in [0.1, 0.15) is 27.2 Å². The summed E-state index contributed by atoms with van der Waals surface area (Å²) in [7, 11) is 0. The molecule has 1 rings (SSSR count). The van der Waals surface area contributed by atoms with Crippen molar-refractivity contribution in [2.75, 3.05) is 6.61 Å². The Kier molecular flexibility index (Phi) is 5.65. The number of carbonyl (C=O) groups is 1. The molecule has 100 valence electrons. The number of hydrogen-bond donors (Lipinski definition) is 1. The van der Waals surface area contributed by atoms with E-state index in [9.17, 15) is 4.79 Å². The number of hydrogen-bond acceptors (Lipinski definition) is 4. The molecular weight excluding hydrogens is 232 g/mol. The topological polar surface area (TPSA) is 55.8 Å². The number of phenolic OH excluding ortho intramolecular Hbond substituents is 1. The summed E-state index contributed by atoms with van der Waals surface area (Å²) in [5.74, 6) is 0.533. The molecule has 0 aliphatic heterocycles. The van der Waals surface area contributed by atoms with E-state index in [1.54, 1.807) is 6.92 Å². The Balaban J connectivity index is 2.42. The van der Waals surface area contributed by atoms with Gasteiger partial charge in [-0.2, -0.15) is 0 Å². The Hall–Kier alpha value is -1.55. The minimum Gasteiger partial charge on any atom is -0.508 e. The number of rotatable bonds is 6. The SMILES string of the molecule is CC[C@H](C)CO[C@@H](C)C(=O)Oc1ccc(O)cc1. The predicted molar refractivity (Wildman–Crippen MR) is 68.6 cm³/mol. The van der Waals surface area contributed by atoms with Crippen molar-refractivity contribution in [3.63, 3.8) is 0 Å². The third kappa shape index (κ3) is 4.75. The second-order valence-corrected chi connectivity index (χ2v) is 4.40. The summed E-state index contributed by atoms with van der Waals surface area (Å²) < 4.78 is 10.6. The summed E-state index contributed by atoms with van der Waals surface area (Å²) in [5.41, 5.74) is 0. The highest BCUT2D eigenvalue weighted by Crippen LogP contribution is 2.16. The van der Waals surface area contributed by atoms with E-state index in [1.807, 2.05) is 0 Å². The minimum atomic E-state index is -0.590. The van der Waals surface area contributed by atoms with Crippen molar-refractivity contribution in [2.45, 2.75) is 33.3 Å². The van der Waals surface area contributed by atoms with Crippen LogP contribution in [0, 0.1) is 5.92 Å². The summed E-state index contributed by atoms with van der Waals surface area (Å²) in [6.07, 6.45) is 0.424. The smallest absolute Gasteiger partial charge is 0.340 e. The Bertz CT molecular complexity index is 372. The third-order valence-electron chi connectivity index (χ3n) is 2.71. The van der Waals surface area contributed by atoms with Crippen LogP contribution in [0.4, 0.5) is 0 Å². The van der Waals surface area contributed by atoms with Gasteiger partial charge in [0.05, 0.1) is 6.61 Å². The molecule has 0 aliphatic rings. The molecule has 0 fully saturated rings. The van der Waals surface area contributed by atoms with Crippen LogP contribution in [0.25, 0.3) is 0 Å². The third-order valence-corrected chi connectivity index (χ3v) is 2.71. The van der Waals surface area contributed by atoms with Gasteiger partial charge in [-0.05, 0) is 37.1 Å². The maximum Gasteiger partial charge on any atom is 0.340 e. The summed E-state index contributed by atoms with van der Waals surface area (Å²) in [6.45, 7) is 6.36. The van der Waals surface area contributed by atoms with E-state index in [-0.39, 0.29) is 5.75 Å². The summed E-state index contributed by atoms with van der Waals surface area (Å²) in [6, 6.07) is 6.00. The molecule has 1 aromatic carbocycles. The largest absolute Gasteiger partial charge is 0.508 e. The molecule has 0 saturated heterocycles. The molecule has 1 N–H and O–H groups in total. The number of benzene rings is 1. The van der Waals surface area contributed by atoms with E-state index < -0.39 is 12.1 Å². The fourth-order valence-corrected chi connectivity index (χ4v) is 1.21. The molecule has 18 heavy (non-hydrogen) atoms. The molecule has 1 aromatic rings. The predicted octanol–water partition coefficient (Wildman–Crippen LogP) is 2.75. The standard InChI is InChI=1S/C14H20O4/c1-4-10(2)9-17-11(3)14(16)18-13-7-5-12(15)6-8-13/h5-8,10-11,15H,4,9H2,1-3H3/t10-,11-/m0/s1. The van der Waals surface area contributed by atoms with Crippen molar-refractivity contribution in [1.29, 1.82) is 0 Å². The first-order valence-electron chi connectivity index (χ1n) is 6.15. The molecule has 0 amide bonds. The van der Waals surface area contributed by atoms with E-state index in [1.165, 1.54) is 24.3 Å². The zero-order chi connectivity index (χ0) is 13.5. The van der Waals surface area contributed by atoms with Crippen LogP contribution < -0.4 is 4.74 Å². The fraction of sp³-hybridized carbons (Fsp3) is 0.500. The van der Waals surface area contributed by atoms with Crippen molar-refractivity contribution < 1.29 is 19.4 Å². The van der Waals surface area contributed by atoms with Crippen molar-refractivity contribution in [1.82, 2.24) is 0 Å². The van der Waals surface area contributed by atoms with E-state index in [0.29, 0.717) is 18.3 Å². The van der Waals surface area contributed by atoms with Crippen molar-refractivity contribution in [3.8, 4) is 11.5 Å². The molecule has 0 radical (unpaired) electrons. The lowest BCUT2D eigenvalue weighted by atomic mass is 10.1. The van der Waals surface area contributed by atoms with Gasteiger partial charge in [0.1, 0.15) is 11.5 Å². The second-order valence-electron chi connectivity index (χ2n) is 4.40. The monoisotopic (exact) mass is 252 g/mol. The molecular formula is C14H20O4. The van der Waals surface area contributed by atoms with Crippen LogP contribution >= 0.6 is 0 Å². The van der Waals surface area contributed by atoms with Crippen molar-refractivity contribution in [2.24, 2.45) is 5.92 Å². The van der Waals surface area contributed by atoms with Gasteiger partial charge < -0.3 is 14.6 Å². The molecule has 0 heterocycles. The number of esters is 1. The number of carbonyl (C=O) groups excluding carboxylic acids is 1. The molecule has 4 nitrogen and oxygen atoms in total. The van der Waals surface area contributed by atoms with E-state index >= 15 is 0 Å². The maximum absolute atomic E-state index is 11.7. The van der Waals surface area contributed by atoms with Gasteiger partial charge in [0.2, 0.25) is 0 Å². The van der Waals surface area contributed by atoms with Gasteiger partial charge in [-0.25, -0.2) is 4.79 Å². The zero-order valence-corrected chi connectivity index (χ0v) is 11.1. The van der Waals surface area contributed by atoms with E-state index in [2.05, 4.69) is 13.8 Å². The molecule has 0 bridgehead atoms. The first-order valence-corrected chi connectivity index (χ1v) is 6.15. The van der Waals surface area contributed by atoms with Crippen LogP contribution in [0.3, 0.4) is 0 Å². The van der Waals surface area contributed by atoms with Gasteiger partial charge in [0.15, 0.2) is 6.10 Å². The van der Waals surface area contributed by atoms with Crippen LogP contribution in [0.5, 0.6) is 11.5 Å². The Morgan fingerprint density at radius 2 is 1.89 bits per heavy atom. The second kappa shape index (κ2) is 7.01. The average molecular weight is 252 g/mol. The van der Waals surface area contributed by atoms with Crippen molar-refractivity contribution in [3.05, 3.63) is 24.3 Å². The molecule has 4 heteroatoms. The van der Waals surface area contributed by atoms with Crippen LogP contribution in [-0.2, 0) is 9.53 Å². The summed E-state index contributed by atoms with van der Waals surface area (Å²) in [5, 5.41) is 9.11.